The maximum atomic E-state index is 13.4. The number of carbonyl (C=O) groups excluding carboxylic acids is 1. The normalized spacial score (nSPS) is 11.4. The van der Waals surface area contributed by atoms with Crippen LogP contribution >= 0.6 is 0 Å². The van der Waals surface area contributed by atoms with Gasteiger partial charge in [0.05, 0.1) is 0 Å². The Morgan fingerprint density at radius 2 is 1.89 bits per heavy atom. The van der Waals surface area contributed by atoms with Gasteiger partial charge in [-0.05, 0) is 11.5 Å². The zero-order valence-electron chi connectivity index (χ0n) is 11.3. The van der Waals surface area contributed by atoms with E-state index in [1.807, 2.05) is 20.8 Å². The first-order valence-corrected chi connectivity index (χ1v) is 5.87. The molecule has 0 spiro atoms. The maximum Gasteiger partial charge on any atom is 0.223 e. The number of benzene rings is 1. The van der Waals surface area contributed by atoms with Gasteiger partial charge in [0.2, 0.25) is 5.91 Å². The summed E-state index contributed by atoms with van der Waals surface area (Å²) in [5.74, 6) is -1.28. The topological polar surface area (TPSA) is 20.3 Å². The van der Waals surface area contributed by atoms with Gasteiger partial charge in [-0.1, -0.05) is 26.8 Å². The zero-order valence-corrected chi connectivity index (χ0v) is 11.3. The third-order valence-corrected chi connectivity index (χ3v) is 2.53. The Labute approximate surface area is 107 Å². The molecular formula is C14H19F2NO. The lowest BCUT2D eigenvalue weighted by Crippen LogP contribution is -2.29. The summed E-state index contributed by atoms with van der Waals surface area (Å²) in [6, 6.07) is 3.39. The average Bonchev–Trinajstić information content (AvgIpc) is 2.19. The first-order valence-electron chi connectivity index (χ1n) is 5.87. The molecule has 4 heteroatoms. The third-order valence-electron chi connectivity index (χ3n) is 2.53. The van der Waals surface area contributed by atoms with Gasteiger partial charge in [0, 0.05) is 31.6 Å². The van der Waals surface area contributed by atoms with E-state index in [0.29, 0.717) is 12.0 Å². The Hall–Kier alpha value is -1.45. The number of carbonyl (C=O) groups is 1. The van der Waals surface area contributed by atoms with E-state index in [1.54, 1.807) is 7.05 Å². The van der Waals surface area contributed by atoms with Crippen molar-refractivity contribution in [2.24, 2.45) is 5.41 Å². The molecule has 0 bridgehead atoms. The molecule has 0 radical (unpaired) electrons. The van der Waals surface area contributed by atoms with Gasteiger partial charge in [-0.2, -0.15) is 0 Å². The van der Waals surface area contributed by atoms with Crippen molar-refractivity contribution in [3.8, 4) is 0 Å². The van der Waals surface area contributed by atoms with Crippen LogP contribution in [0.2, 0.25) is 0 Å². The quantitative estimate of drug-likeness (QED) is 0.811. The molecule has 1 rings (SSSR count). The van der Waals surface area contributed by atoms with Gasteiger partial charge in [0.1, 0.15) is 11.6 Å². The molecule has 0 aliphatic carbocycles. The van der Waals surface area contributed by atoms with Crippen LogP contribution in [0.4, 0.5) is 8.78 Å². The molecule has 1 aromatic rings. The predicted octanol–water partition coefficient (Wildman–Crippen LogP) is 3.36. The van der Waals surface area contributed by atoms with Crippen molar-refractivity contribution in [3.05, 3.63) is 35.4 Å². The molecule has 2 nitrogen and oxygen atoms in total. The van der Waals surface area contributed by atoms with E-state index in [1.165, 1.54) is 17.0 Å². The number of hydrogen-bond donors (Lipinski definition) is 0. The summed E-state index contributed by atoms with van der Waals surface area (Å²) >= 11 is 0. The molecule has 0 aromatic heterocycles. The smallest absolute Gasteiger partial charge is 0.223 e. The third kappa shape index (κ3) is 4.43. The average molecular weight is 255 g/mol. The first-order chi connectivity index (χ1) is 8.19. The molecule has 1 amide bonds. The molecule has 1 aromatic carbocycles. The van der Waals surface area contributed by atoms with Crippen molar-refractivity contribution < 1.29 is 13.6 Å². The lowest BCUT2D eigenvalue weighted by Gasteiger charge is -2.23. The summed E-state index contributed by atoms with van der Waals surface area (Å²) in [5, 5.41) is 0. The van der Waals surface area contributed by atoms with Crippen molar-refractivity contribution in [1.29, 1.82) is 0 Å². The van der Waals surface area contributed by atoms with Gasteiger partial charge in [0.15, 0.2) is 0 Å². The fraction of sp³-hybridized carbons (Fsp3) is 0.500. The lowest BCUT2D eigenvalue weighted by atomic mass is 9.91. The van der Waals surface area contributed by atoms with Crippen LogP contribution in [0.15, 0.2) is 18.2 Å². The molecule has 0 atom stereocenters. The van der Waals surface area contributed by atoms with E-state index in [-0.39, 0.29) is 17.9 Å². The Morgan fingerprint density at radius 1 is 1.28 bits per heavy atom. The fourth-order valence-corrected chi connectivity index (χ4v) is 1.58. The Bertz CT molecular complexity index is 438. The van der Waals surface area contributed by atoms with Gasteiger partial charge in [0.25, 0.3) is 0 Å². The SMILES string of the molecule is CN(Cc1ccc(F)cc1F)C(=O)CC(C)(C)C. The highest BCUT2D eigenvalue weighted by molar-refractivity contribution is 5.76. The standard InChI is InChI=1S/C14H19F2NO/c1-14(2,3)8-13(18)17(4)9-10-5-6-11(15)7-12(10)16/h5-7H,8-9H2,1-4H3. The molecule has 0 saturated carbocycles. The predicted molar refractivity (Wildman–Crippen MR) is 66.9 cm³/mol. The summed E-state index contributed by atoms with van der Waals surface area (Å²) in [7, 11) is 1.62. The number of halogens is 2. The van der Waals surface area contributed by atoms with E-state index in [9.17, 15) is 13.6 Å². The second kappa shape index (κ2) is 5.46. The fourth-order valence-electron chi connectivity index (χ4n) is 1.58. The van der Waals surface area contributed by atoms with Crippen LogP contribution in [0.1, 0.15) is 32.8 Å². The number of rotatable bonds is 3. The summed E-state index contributed by atoms with van der Waals surface area (Å²) in [5.41, 5.74) is 0.216. The van der Waals surface area contributed by atoms with Crippen molar-refractivity contribution in [3.63, 3.8) is 0 Å². The van der Waals surface area contributed by atoms with Crippen molar-refractivity contribution in [1.82, 2.24) is 4.90 Å². The Kier molecular flexibility index (Phi) is 4.43. The molecule has 0 fully saturated rings. The van der Waals surface area contributed by atoms with Crippen LogP contribution in [-0.4, -0.2) is 17.9 Å². The molecule has 0 heterocycles. The number of hydrogen-bond acceptors (Lipinski definition) is 1. The molecular weight excluding hydrogens is 236 g/mol. The van der Waals surface area contributed by atoms with Crippen LogP contribution in [0.3, 0.4) is 0 Å². The highest BCUT2D eigenvalue weighted by atomic mass is 19.1. The van der Waals surface area contributed by atoms with Gasteiger partial charge in [-0.15, -0.1) is 0 Å². The molecule has 0 aliphatic rings. The van der Waals surface area contributed by atoms with Crippen LogP contribution in [-0.2, 0) is 11.3 Å². The molecule has 18 heavy (non-hydrogen) atoms. The van der Waals surface area contributed by atoms with Crippen LogP contribution in [0, 0.1) is 17.0 Å². The summed E-state index contributed by atoms with van der Waals surface area (Å²) in [4.78, 5) is 13.3. The second-order valence-electron chi connectivity index (χ2n) is 5.72. The molecule has 0 unspecified atom stereocenters. The molecule has 0 N–H and O–H groups in total. The zero-order chi connectivity index (χ0) is 13.9. The minimum absolute atomic E-state index is 0.0498. The Morgan fingerprint density at radius 3 is 2.39 bits per heavy atom. The molecule has 0 aliphatic heterocycles. The highest BCUT2D eigenvalue weighted by Gasteiger charge is 2.19. The van der Waals surface area contributed by atoms with Gasteiger partial charge >= 0.3 is 0 Å². The van der Waals surface area contributed by atoms with E-state index in [4.69, 9.17) is 0 Å². The maximum absolute atomic E-state index is 13.4. The molecule has 0 saturated heterocycles. The van der Waals surface area contributed by atoms with Crippen LogP contribution in [0.25, 0.3) is 0 Å². The van der Waals surface area contributed by atoms with E-state index >= 15 is 0 Å². The van der Waals surface area contributed by atoms with E-state index in [2.05, 4.69) is 0 Å². The monoisotopic (exact) mass is 255 g/mol. The van der Waals surface area contributed by atoms with Gasteiger partial charge in [-0.25, -0.2) is 8.78 Å². The van der Waals surface area contributed by atoms with Crippen molar-refractivity contribution >= 4 is 5.91 Å². The second-order valence-corrected chi connectivity index (χ2v) is 5.72. The molecule has 100 valence electrons. The Balaban J connectivity index is 2.69. The minimum Gasteiger partial charge on any atom is -0.341 e. The van der Waals surface area contributed by atoms with E-state index in [0.717, 1.165) is 6.07 Å². The first kappa shape index (κ1) is 14.6. The van der Waals surface area contributed by atoms with Crippen molar-refractivity contribution in [2.75, 3.05) is 7.05 Å². The number of nitrogens with zero attached hydrogens (tertiary/aromatic N) is 1. The highest BCUT2D eigenvalue weighted by Crippen LogP contribution is 2.20. The van der Waals surface area contributed by atoms with Crippen molar-refractivity contribution in [2.45, 2.75) is 33.7 Å². The lowest BCUT2D eigenvalue weighted by molar-refractivity contribution is -0.132. The van der Waals surface area contributed by atoms with Crippen LogP contribution in [0.5, 0.6) is 0 Å². The number of amides is 1. The largest absolute Gasteiger partial charge is 0.341 e. The van der Waals surface area contributed by atoms with Gasteiger partial charge < -0.3 is 4.90 Å². The summed E-state index contributed by atoms with van der Waals surface area (Å²) in [6.07, 6.45) is 0.395. The van der Waals surface area contributed by atoms with Crippen LogP contribution < -0.4 is 0 Å². The van der Waals surface area contributed by atoms with E-state index < -0.39 is 11.6 Å². The van der Waals surface area contributed by atoms with Gasteiger partial charge in [-0.3, -0.25) is 4.79 Å². The summed E-state index contributed by atoms with van der Waals surface area (Å²) in [6.45, 7) is 6.06. The minimum atomic E-state index is -0.620. The summed E-state index contributed by atoms with van der Waals surface area (Å²) < 4.78 is 26.2.